The highest BCUT2D eigenvalue weighted by Crippen LogP contribution is 2.30. The van der Waals surface area contributed by atoms with E-state index in [-0.39, 0.29) is 0 Å². The van der Waals surface area contributed by atoms with E-state index in [1.54, 1.807) is 0 Å². The highest BCUT2D eigenvalue weighted by Gasteiger charge is 2.26. The zero-order valence-electron chi connectivity index (χ0n) is 12.4. The van der Waals surface area contributed by atoms with Gasteiger partial charge in [-0.2, -0.15) is 0 Å². The van der Waals surface area contributed by atoms with Crippen LogP contribution in [0.4, 0.5) is 0 Å². The minimum absolute atomic E-state index is 0.468. The van der Waals surface area contributed by atoms with E-state index >= 15 is 0 Å². The smallest absolute Gasteiger partial charge is 0.0244 e. The Morgan fingerprint density at radius 3 is 2.74 bits per heavy atom. The number of hydrazine groups is 1. The number of aryl methyl sites for hydroxylation is 1. The molecule has 0 fully saturated rings. The molecular formula is C17H28N2. The lowest BCUT2D eigenvalue weighted by atomic mass is 9.77. The van der Waals surface area contributed by atoms with Gasteiger partial charge in [-0.05, 0) is 48.6 Å². The Kier molecular flexibility index (Phi) is 5.41. The molecule has 2 nitrogen and oxygen atoms in total. The lowest BCUT2D eigenvalue weighted by Gasteiger charge is -2.32. The first-order chi connectivity index (χ1) is 9.24. The van der Waals surface area contributed by atoms with Crippen LogP contribution in [-0.2, 0) is 12.8 Å². The van der Waals surface area contributed by atoms with Gasteiger partial charge in [-0.1, -0.05) is 51.0 Å². The number of nitrogens with one attached hydrogen (secondary N) is 1. The summed E-state index contributed by atoms with van der Waals surface area (Å²) in [6, 6.07) is 9.34. The van der Waals surface area contributed by atoms with Crippen molar-refractivity contribution in [3.63, 3.8) is 0 Å². The molecule has 1 aliphatic carbocycles. The minimum Gasteiger partial charge on any atom is -0.271 e. The van der Waals surface area contributed by atoms with Gasteiger partial charge in [0.2, 0.25) is 0 Å². The third-order valence-electron chi connectivity index (χ3n) is 4.61. The number of hydrogen-bond donors (Lipinski definition) is 2. The van der Waals surface area contributed by atoms with Crippen molar-refractivity contribution >= 4 is 0 Å². The molecule has 0 spiro atoms. The van der Waals surface area contributed by atoms with Crippen molar-refractivity contribution in [3.8, 4) is 0 Å². The quantitative estimate of drug-likeness (QED) is 0.607. The van der Waals surface area contributed by atoms with Crippen LogP contribution < -0.4 is 11.3 Å². The molecule has 0 saturated carbocycles. The molecule has 0 heterocycles. The third-order valence-corrected chi connectivity index (χ3v) is 4.61. The van der Waals surface area contributed by atoms with Crippen molar-refractivity contribution in [1.82, 2.24) is 5.43 Å². The van der Waals surface area contributed by atoms with Gasteiger partial charge in [0.1, 0.15) is 0 Å². The molecule has 0 amide bonds. The molecular weight excluding hydrogens is 232 g/mol. The SMILES string of the molecule is CCCC(C)CC(NN)C1CCc2ccccc2C1. The summed E-state index contributed by atoms with van der Waals surface area (Å²) in [6.45, 7) is 4.61. The highest BCUT2D eigenvalue weighted by atomic mass is 15.2. The summed E-state index contributed by atoms with van der Waals surface area (Å²) in [7, 11) is 0. The summed E-state index contributed by atoms with van der Waals surface area (Å²) < 4.78 is 0. The average Bonchev–Trinajstić information content (AvgIpc) is 2.44. The Balaban J connectivity index is 1.97. The lowest BCUT2D eigenvalue weighted by molar-refractivity contribution is 0.271. The highest BCUT2D eigenvalue weighted by molar-refractivity contribution is 5.29. The molecule has 1 aliphatic rings. The van der Waals surface area contributed by atoms with E-state index in [1.807, 2.05) is 0 Å². The Bertz CT molecular complexity index is 389. The van der Waals surface area contributed by atoms with Crippen LogP contribution in [0.25, 0.3) is 0 Å². The number of hydrogen-bond acceptors (Lipinski definition) is 2. The van der Waals surface area contributed by atoms with E-state index in [0.717, 1.165) is 5.92 Å². The summed E-state index contributed by atoms with van der Waals surface area (Å²) in [5, 5.41) is 0. The predicted molar refractivity (Wildman–Crippen MR) is 81.8 cm³/mol. The van der Waals surface area contributed by atoms with Gasteiger partial charge in [0.25, 0.3) is 0 Å². The third kappa shape index (κ3) is 3.80. The molecule has 0 saturated heterocycles. The Morgan fingerprint density at radius 2 is 2.05 bits per heavy atom. The van der Waals surface area contributed by atoms with E-state index in [9.17, 15) is 0 Å². The molecule has 0 bridgehead atoms. The molecule has 2 heteroatoms. The first-order valence-corrected chi connectivity index (χ1v) is 7.77. The monoisotopic (exact) mass is 260 g/mol. The fraction of sp³-hybridized carbons (Fsp3) is 0.647. The van der Waals surface area contributed by atoms with Crippen LogP contribution in [0.15, 0.2) is 24.3 Å². The second-order valence-electron chi connectivity index (χ2n) is 6.17. The van der Waals surface area contributed by atoms with Crippen LogP contribution >= 0.6 is 0 Å². The van der Waals surface area contributed by atoms with Crippen LogP contribution in [0.3, 0.4) is 0 Å². The summed E-state index contributed by atoms with van der Waals surface area (Å²) in [4.78, 5) is 0. The fourth-order valence-electron chi connectivity index (χ4n) is 3.51. The van der Waals surface area contributed by atoms with Gasteiger partial charge in [-0.3, -0.25) is 11.3 Å². The molecule has 1 aromatic rings. The molecule has 3 unspecified atom stereocenters. The zero-order valence-corrected chi connectivity index (χ0v) is 12.4. The Labute approximate surface area is 117 Å². The summed E-state index contributed by atoms with van der Waals surface area (Å²) in [6.07, 6.45) is 7.44. The van der Waals surface area contributed by atoms with Gasteiger partial charge in [0, 0.05) is 6.04 Å². The largest absolute Gasteiger partial charge is 0.271 e. The van der Waals surface area contributed by atoms with Crippen molar-refractivity contribution in [3.05, 3.63) is 35.4 Å². The van der Waals surface area contributed by atoms with Crippen LogP contribution in [0.2, 0.25) is 0 Å². The summed E-state index contributed by atoms with van der Waals surface area (Å²) >= 11 is 0. The predicted octanol–water partition coefficient (Wildman–Crippen LogP) is 3.45. The minimum atomic E-state index is 0.468. The van der Waals surface area contributed by atoms with Crippen LogP contribution in [0, 0.1) is 11.8 Å². The molecule has 106 valence electrons. The summed E-state index contributed by atoms with van der Waals surface area (Å²) in [5.74, 6) is 7.28. The maximum Gasteiger partial charge on any atom is 0.0244 e. The van der Waals surface area contributed by atoms with Gasteiger partial charge in [-0.25, -0.2) is 0 Å². The van der Waals surface area contributed by atoms with Crippen molar-refractivity contribution in [2.45, 2.75) is 58.4 Å². The van der Waals surface area contributed by atoms with Crippen LogP contribution in [0.1, 0.15) is 50.7 Å². The van der Waals surface area contributed by atoms with E-state index in [4.69, 9.17) is 5.84 Å². The van der Waals surface area contributed by atoms with Gasteiger partial charge < -0.3 is 0 Å². The van der Waals surface area contributed by atoms with Gasteiger partial charge in [0.15, 0.2) is 0 Å². The normalized spacial score (nSPS) is 21.7. The number of nitrogens with two attached hydrogens (primary N) is 1. The standard InChI is InChI=1S/C17H28N2/c1-3-6-13(2)11-17(19-18)16-10-9-14-7-4-5-8-15(14)12-16/h4-5,7-8,13,16-17,19H,3,6,9-12,18H2,1-2H3. The van der Waals surface area contributed by atoms with Crippen LogP contribution in [-0.4, -0.2) is 6.04 Å². The first kappa shape index (κ1) is 14.5. The lowest BCUT2D eigenvalue weighted by Crippen LogP contribution is -2.43. The van der Waals surface area contributed by atoms with E-state index < -0.39 is 0 Å². The number of benzene rings is 1. The molecule has 3 N–H and O–H groups in total. The maximum absolute atomic E-state index is 5.82. The van der Waals surface area contributed by atoms with Crippen molar-refractivity contribution < 1.29 is 0 Å². The average molecular weight is 260 g/mol. The van der Waals surface area contributed by atoms with E-state index in [1.165, 1.54) is 49.7 Å². The van der Waals surface area contributed by atoms with Crippen molar-refractivity contribution in [2.24, 2.45) is 17.7 Å². The van der Waals surface area contributed by atoms with Gasteiger partial charge in [0.05, 0.1) is 0 Å². The van der Waals surface area contributed by atoms with Gasteiger partial charge in [-0.15, -0.1) is 0 Å². The molecule has 19 heavy (non-hydrogen) atoms. The molecule has 0 aromatic heterocycles. The number of rotatable bonds is 6. The zero-order chi connectivity index (χ0) is 13.7. The second-order valence-corrected chi connectivity index (χ2v) is 6.17. The summed E-state index contributed by atoms with van der Waals surface area (Å²) in [5.41, 5.74) is 6.16. The fourth-order valence-corrected chi connectivity index (χ4v) is 3.51. The Morgan fingerprint density at radius 1 is 1.32 bits per heavy atom. The van der Waals surface area contributed by atoms with Gasteiger partial charge >= 0.3 is 0 Å². The molecule has 0 aliphatic heterocycles. The Hall–Kier alpha value is -0.860. The topological polar surface area (TPSA) is 38.0 Å². The number of fused-ring (bicyclic) bond motifs is 1. The van der Waals surface area contributed by atoms with Crippen LogP contribution in [0.5, 0.6) is 0 Å². The van der Waals surface area contributed by atoms with Crippen molar-refractivity contribution in [1.29, 1.82) is 0 Å². The molecule has 1 aromatic carbocycles. The second kappa shape index (κ2) is 7.06. The van der Waals surface area contributed by atoms with E-state index in [0.29, 0.717) is 12.0 Å². The molecule has 2 rings (SSSR count). The molecule has 0 radical (unpaired) electrons. The maximum atomic E-state index is 5.82. The first-order valence-electron chi connectivity index (χ1n) is 7.77. The molecule has 3 atom stereocenters. The van der Waals surface area contributed by atoms with E-state index in [2.05, 4.69) is 43.5 Å². The van der Waals surface area contributed by atoms with Crippen molar-refractivity contribution in [2.75, 3.05) is 0 Å².